The third-order valence-electron chi connectivity index (χ3n) is 3.74. The number of hydrogen-bond acceptors (Lipinski definition) is 3. The van der Waals surface area contributed by atoms with E-state index >= 15 is 0 Å². The summed E-state index contributed by atoms with van der Waals surface area (Å²) in [5.74, 6) is 0.980. The monoisotopic (exact) mass is 314 g/mol. The number of hydrogen-bond donors (Lipinski definition) is 1. The first-order valence-corrected chi connectivity index (χ1v) is 7.57. The van der Waals surface area contributed by atoms with Gasteiger partial charge < -0.3 is 5.32 Å². The molecule has 0 saturated heterocycles. The molecule has 0 radical (unpaired) electrons. The largest absolute Gasteiger partial charge is 0.308 e. The van der Waals surface area contributed by atoms with Gasteiger partial charge in [-0.1, -0.05) is 36.4 Å². The maximum atomic E-state index is 12.5. The highest BCUT2D eigenvalue weighted by atomic mass is 16.1. The summed E-state index contributed by atoms with van der Waals surface area (Å²) < 4.78 is 1.84. The van der Waals surface area contributed by atoms with Gasteiger partial charge in [-0.25, -0.2) is 9.97 Å². The standard InChI is InChI=1S/C19H14N4O/c24-18(14-7-2-1-3-8-14)22-17-13-15-9-4-5-10-16(15)23(17)19-20-11-6-12-21-19/h1-13H,(H,22,24). The molecule has 0 aliphatic rings. The summed E-state index contributed by atoms with van der Waals surface area (Å²) in [7, 11) is 0. The zero-order valence-electron chi connectivity index (χ0n) is 12.8. The van der Waals surface area contributed by atoms with Crippen LogP contribution in [0.5, 0.6) is 0 Å². The minimum atomic E-state index is -0.171. The van der Waals surface area contributed by atoms with Crippen molar-refractivity contribution in [2.24, 2.45) is 0 Å². The van der Waals surface area contributed by atoms with E-state index in [9.17, 15) is 4.79 Å². The lowest BCUT2D eigenvalue weighted by Gasteiger charge is -2.10. The lowest BCUT2D eigenvalue weighted by molar-refractivity contribution is 0.102. The Hall–Kier alpha value is -3.47. The van der Waals surface area contributed by atoms with Gasteiger partial charge in [-0.05, 0) is 30.3 Å². The number of nitrogens with zero attached hydrogens (tertiary/aromatic N) is 3. The number of anilines is 1. The second kappa shape index (κ2) is 5.96. The first-order chi connectivity index (χ1) is 11.8. The Morgan fingerprint density at radius 3 is 2.38 bits per heavy atom. The molecule has 1 N–H and O–H groups in total. The van der Waals surface area contributed by atoms with E-state index in [1.54, 1.807) is 30.6 Å². The van der Waals surface area contributed by atoms with Crippen LogP contribution in [0.2, 0.25) is 0 Å². The maximum absolute atomic E-state index is 12.5. The predicted molar refractivity (Wildman–Crippen MR) is 93.3 cm³/mol. The van der Waals surface area contributed by atoms with E-state index in [0.29, 0.717) is 17.3 Å². The van der Waals surface area contributed by atoms with Crippen LogP contribution in [0.3, 0.4) is 0 Å². The van der Waals surface area contributed by atoms with Crippen LogP contribution < -0.4 is 5.32 Å². The summed E-state index contributed by atoms with van der Waals surface area (Å²) in [6.07, 6.45) is 3.36. The number of carbonyl (C=O) groups is 1. The van der Waals surface area contributed by atoms with Crippen molar-refractivity contribution in [1.82, 2.24) is 14.5 Å². The molecule has 24 heavy (non-hydrogen) atoms. The first-order valence-electron chi connectivity index (χ1n) is 7.57. The summed E-state index contributed by atoms with van der Waals surface area (Å²) in [4.78, 5) is 21.1. The molecule has 0 spiro atoms. The second-order valence-corrected chi connectivity index (χ2v) is 5.29. The average Bonchev–Trinajstić information content (AvgIpc) is 3.01. The van der Waals surface area contributed by atoms with Gasteiger partial charge in [0.25, 0.3) is 5.91 Å². The van der Waals surface area contributed by atoms with Crippen molar-refractivity contribution in [3.63, 3.8) is 0 Å². The number of rotatable bonds is 3. The SMILES string of the molecule is O=C(Nc1cc2ccccc2n1-c1ncccn1)c1ccccc1. The molecule has 5 heteroatoms. The Morgan fingerprint density at radius 1 is 0.875 bits per heavy atom. The van der Waals surface area contributed by atoms with Gasteiger partial charge in [0.2, 0.25) is 5.95 Å². The van der Waals surface area contributed by atoms with Crippen LogP contribution >= 0.6 is 0 Å². The number of carbonyl (C=O) groups excluding carboxylic acids is 1. The van der Waals surface area contributed by atoms with Gasteiger partial charge in [0, 0.05) is 23.3 Å². The lowest BCUT2D eigenvalue weighted by Crippen LogP contribution is -2.15. The molecule has 0 bridgehead atoms. The number of fused-ring (bicyclic) bond motifs is 1. The molecule has 0 atom stereocenters. The average molecular weight is 314 g/mol. The molecule has 0 aliphatic heterocycles. The third-order valence-corrected chi connectivity index (χ3v) is 3.74. The van der Waals surface area contributed by atoms with Crippen LogP contribution in [0, 0.1) is 0 Å². The molecule has 2 aromatic carbocycles. The molecule has 0 unspecified atom stereocenters. The van der Waals surface area contributed by atoms with E-state index in [4.69, 9.17) is 0 Å². The molecule has 5 nitrogen and oxygen atoms in total. The van der Waals surface area contributed by atoms with E-state index in [-0.39, 0.29) is 5.91 Å². The smallest absolute Gasteiger partial charge is 0.256 e. The maximum Gasteiger partial charge on any atom is 0.256 e. The zero-order valence-corrected chi connectivity index (χ0v) is 12.8. The highest BCUT2D eigenvalue weighted by Gasteiger charge is 2.15. The van der Waals surface area contributed by atoms with Crippen molar-refractivity contribution < 1.29 is 4.79 Å². The van der Waals surface area contributed by atoms with E-state index in [1.807, 2.05) is 53.1 Å². The zero-order chi connectivity index (χ0) is 16.4. The minimum absolute atomic E-state index is 0.171. The van der Waals surface area contributed by atoms with Gasteiger partial charge in [-0.2, -0.15) is 0 Å². The lowest BCUT2D eigenvalue weighted by atomic mass is 10.2. The molecule has 4 rings (SSSR count). The Labute approximate surface area is 138 Å². The van der Waals surface area contributed by atoms with Gasteiger partial charge in [0.15, 0.2) is 0 Å². The number of nitrogens with one attached hydrogen (secondary N) is 1. The van der Waals surface area contributed by atoms with Crippen molar-refractivity contribution in [2.45, 2.75) is 0 Å². The topological polar surface area (TPSA) is 59.8 Å². The van der Waals surface area contributed by atoms with Crippen LogP contribution in [-0.2, 0) is 0 Å². The Balaban J connectivity index is 1.82. The molecular formula is C19H14N4O. The Bertz CT molecular complexity index is 994. The molecule has 2 heterocycles. The van der Waals surface area contributed by atoms with Crippen LogP contribution in [0.4, 0.5) is 5.82 Å². The number of amides is 1. The van der Waals surface area contributed by atoms with Crippen molar-refractivity contribution >= 4 is 22.6 Å². The predicted octanol–water partition coefficient (Wildman–Crippen LogP) is 3.67. The molecular weight excluding hydrogens is 300 g/mol. The normalized spacial score (nSPS) is 10.7. The van der Waals surface area contributed by atoms with Crippen molar-refractivity contribution in [1.29, 1.82) is 0 Å². The van der Waals surface area contributed by atoms with Gasteiger partial charge in [-0.15, -0.1) is 0 Å². The van der Waals surface area contributed by atoms with Crippen LogP contribution in [0.15, 0.2) is 79.1 Å². The molecule has 0 aliphatic carbocycles. The molecule has 0 fully saturated rings. The van der Waals surface area contributed by atoms with E-state index in [1.165, 1.54) is 0 Å². The molecule has 4 aromatic rings. The summed E-state index contributed by atoms with van der Waals surface area (Å²) in [5.41, 5.74) is 1.54. The van der Waals surface area contributed by atoms with Crippen LogP contribution in [0.25, 0.3) is 16.9 Å². The fourth-order valence-corrected chi connectivity index (χ4v) is 2.65. The minimum Gasteiger partial charge on any atom is -0.308 e. The number of para-hydroxylation sites is 1. The van der Waals surface area contributed by atoms with Crippen molar-refractivity contribution in [3.8, 4) is 5.95 Å². The molecule has 0 saturated carbocycles. The number of benzene rings is 2. The molecule has 116 valence electrons. The van der Waals surface area contributed by atoms with Gasteiger partial charge >= 0.3 is 0 Å². The van der Waals surface area contributed by atoms with E-state index in [0.717, 1.165) is 10.9 Å². The van der Waals surface area contributed by atoms with Gasteiger partial charge in [0.1, 0.15) is 5.82 Å². The van der Waals surface area contributed by atoms with Gasteiger partial charge in [0.05, 0.1) is 5.52 Å². The Morgan fingerprint density at radius 2 is 1.58 bits per heavy atom. The van der Waals surface area contributed by atoms with Crippen molar-refractivity contribution in [2.75, 3.05) is 5.32 Å². The van der Waals surface area contributed by atoms with E-state index < -0.39 is 0 Å². The Kier molecular flexibility index (Phi) is 3.51. The second-order valence-electron chi connectivity index (χ2n) is 5.29. The highest BCUT2D eigenvalue weighted by molar-refractivity contribution is 6.05. The fraction of sp³-hybridized carbons (Fsp3) is 0. The summed E-state index contributed by atoms with van der Waals surface area (Å²) in [6, 6.07) is 20.7. The summed E-state index contributed by atoms with van der Waals surface area (Å²) >= 11 is 0. The van der Waals surface area contributed by atoms with Crippen LogP contribution in [0.1, 0.15) is 10.4 Å². The third kappa shape index (κ3) is 2.52. The van der Waals surface area contributed by atoms with E-state index in [2.05, 4.69) is 15.3 Å². The summed E-state index contributed by atoms with van der Waals surface area (Å²) in [5, 5.41) is 3.97. The fourth-order valence-electron chi connectivity index (χ4n) is 2.65. The quantitative estimate of drug-likeness (QED) is 0.627. The first kappa shape index (κ1) is 14.1. The molecule has 2 aromatic heterocycles. The van der Waals surface area contributed by atoms with Crippen molar-refractivity contribution in [3.05, 3.63) is 84.7 Å². The van der Waals surface area contributed by atoms with Crippen LogP contribution in [-0.4, -0.2) is 20.4 Å². The number of aromatic nitrogens is 3. The van der Waals surface area contributed by atoms with Gasteiger partial charge in [-0.3, -0.25) is 9.36 Å². The highest BCUT2D eigenvalue weighted by Crippen LogP contribution is 2.26. The summed E-state index contributed by atoms with van der Waals surface area (Å²) in [6.45, 7) is 0. The molecule has 1 amide bonds.